The Balaban J connectivity index is 1.70. The van der Waals surface area contributed by atoms with Crippen LogP contribution in [0.3, 0.4) is 0 Å². The Morgan fingerprint density at radius 3 is 2.62 bits per heavy atom. The number of nitrogens with one attached hydrogen (secondary N) is 2. The number of aromatic nitrogens is 2. The Hall–Kier alpha value is -3.43. The van der Waals surface area contributed by atoms with Crippen LogP contribution in [-0.4, -0.2) is 44.1 Å². The summed E-state index contributed by atoms with van der Waals surface area (Å²) >= 11 is 0. The van der Waals surface area contributed by atoms with E-state index in [0.717, 1.165) is 50.3 Å². The topological polar surface area (TPSA) is 78.0 Å². The SMILES string of the molecule is C=C(C)CC(c1ccc(C)c(CN2CC(CC)Oc3ncccc3S2=C)c1)c1ccn(C(=N)C(C)(F)F)c(=N)c1. The molecule has 9 heteroatoms. The summed E-state index contributed by atoms with van der Waals surface area (Å²) in [5.74, 6) is 0.764. The lowest BCUT2D eigenvalue weighted by atomic mass is 9.85. The summed E-state index contributed by atoms with van der Waals surface area (Å²) in [5, 5.41) is 16.2. The fraction of sp³-hybridized carbons (Fsp3) is 0.355. The molecule has 212 valence electrons. The van der Waals surface area contributed by atoms with Crippen molar-refractivity contribution in [2.24, 2.45) is 0 Å². The molecule has 0 aliphatic carbocycles. The molecule has 1 aromatic carbocycles. The van der Waals surface area contributed by atoms with Gasteiger partial charge >= 0.3 is 5.92 Å². The molecule has 0 radical (unpaired) electrons. The number of benzene rings is 1. The molecule has 1 aliphatic heterocycles. The monoisotopic (exact) mass is 565 g/mol. The molecular formula is C31H37F2N5OS. The van der Waals surface area contributed by atoms with Gasteiger partial charge in [0.15, 0.2) is 5.84 Å². The van der Waals surface area contributed by atoms with E-state index in [2.05, 4.69) is 53.8 Å². The van der Waals surface area contributed by atoms with Crippen molar-refractivity contribution in [2.45, 2.75) is 69.9 Å². The zero-order chi connectivity index (χ0) is 29.2. The van der Waals surface area contributed by atoms with Crippen LogP contribution in [0.25, 0.3) is 0 Å². The molecule has 0 amide bonds. The number of halogens is 2. The molecule has 4 rings (SSSR count). The second kappa shape index (κ2) is 12.0. The highest BCUT2D eigenvalue weighted by atomic mass is 32.2. The second-order valence-corrected chi connectivity index (χ2v) is 12.2. The summed E-state index contributed by atoms with van der Waals surface area (Å²) < 4.78 is 37.0. The normalized spacial score (nSPS) is 18.4. The maximum atomic E-state index is 13.8. The van der Waals surface area contributed by atoms with Crippen molar-refractivity contribution < 1.29 is 13.5 Å². The predicted octanol–water partition coefficient (Wildman–Crippen LogP) is 6.90. The van der Waals surface area contributed by atoms with Gasteiger partial charge < -0.3 is 4.74 Å². The largest absolute Gasteiger partial charge is 0.472 e. The molecule has 0 saturated carbocycles. The zero-order valence-electron chi connectivity index (χ0n) is 23.5. The van der Waals surface area contributed by atoms with Gasteiger partial charge in [0, 0.05) is 38.3 Å². The Morgan fingerprint density at radius 2 is 1.98 bits per heavy atom. The Bertz CT molecular complexity index is 1510. The average molecular weight is 566 g/mol. The third kappa shape index (κ3) is 6.47. The molecule has 3 unspecified atom stereocenters. The molecule has 0 fully saturated rings. The first-order valence-electron chi connectivity index (χ1n) is 13.3. The van der Waals surface area contributed by atoms with Gasteiger partial charge in [0.2, 0.25) is 5.88 Å². The van der Waals surface area contributed by atoms with Gasteiger partial charge in [-0.1, -0.05) is 47.2 Å². The van der Waals surface area contributed by atoms with Crippen LogP contribution in [0.1, 0.15) is 61.8 Å². The van der Waals surface area contributed by atoms with Crippen molar-refractivity contribution in [1.29, 1.82) is 10.8 Å². The fourth-order valence-electron chi connectivity index (χ4n) is 4.83. The van der Waals surface area contributed by atoms with Crippen LogP contribution in [0.2, 0.25) is 0 Å². The van der Waals surface area contributed by atoms with Gasteiger partial charge in [-0.25, -0.2) is 9.29 Å². The van der Waals surface area contributed by atoms with Crippen LogP contribution in [0.5, 0.6) is 5.88 Å². The maximum absolute atomic E-state index is 13.8. The van der Waals surface area contributed by atoms with Crippen molar-refractivity contribution in [3.63, 3.8) is 0 Å². The maximum Gasteiger partial charge on any atom is 0.301 e. The highest BCUT2D eigenvalue weighted by Crippen LogP contribution is 2.40. The number of ether oxygens (including phenoxy) is 1. The van der Waals surface area contributed by atoms with E-state index in [1.165, 1.54) is 6.20 Å². The zero-order valence-corrected chi connectivity index (χ0v) is 24.3. The highest BCUT2D eigenvalue weighted by Gasteiger charge is 2.30. The van der Waals surface area contributed by atoms with Crippen LogP contribution >= 0.6 is 10.7 Å². The number of pyridine rings is 2. The van der Waals surface area contributed by atoms with Crippen molar-refractivity contribution in [1.82, 2.24) is 13.9 Å². The highest BCUT2D eigenvalue weighted by molar-refractivity contribution is 8.12. The first-order chi connectivity index (χ1) is 18.9. The van der Waals surface area contributed by atoms with Gasteiger partial charge in [-0.2, -0.15) is 8.78 Å². The fourth-order valence-corrected chi connectivity index (χ4v) is 6.29. The van der Waals surface area contributed by atoms with E-state index >= 15 is 0 Å². The average Bonchev–Trinajstić information content (AvgIpc) is 3.03. The third-order valence-electron chi connectivity index (χ3n) is 7.16. The van der Waals surface area contributed by atoms with E-state index in [9.17, 15) is 8.78 Å². The molecule has 3 atom stereocenters. The number of allylic oxidation sites excluding steroid dienone is 1. The molecule has 3 aromatic rings. The number of rotatable bonds is 8. The third-order valence-corrected chi connectivity index (χ3v) is 8.88. The number of alkyl halides is 2. The summed E-state index contributed by atoms with van der Waals surface area (Å²) in [6.07, 6.45) is 4.64. The molecule has 2 N–H and O–H groups in total. The van der Waals surface area contributed by atoms with Crippen LogP contribution < -0.4 is 10.2 Å². The van der Waals surface area contributed by atoms with Gasteiger partial charge in [0.1, 0.15) is 11.6 Å². The van der Waals surface area contributed by atoms with Crippen molar-refractivity contribution in [3.8, 4) is 5.88 Å². The molecular weight excluding hydrogens is 528 g/mol. The molecule has 40 heavy (non-hydrogen) atoms. The summed E-state index contributed by atoms with van der Waals surface area (Å²) in [6, 6.07) is 13.6. The Labute approximate surface area is 237 Å². The number of aryl methyl sites for hydroxylation is 1. The van der Waals surface area contributed by atoms with E-state index < -0.39 is 22.4 Å². The number of hydrogen-bond acceptors (Lipinski definition) is 5. The number of hydrogen-bond donors (Lipinski definition) is 2. The minimum atomic E-state index is -3.34. The quantitative estimate of drug-likeness (QED) is 0.135. The Morgan fingerprint density at radius 1 is 1.25 bits per heavy atom. The number of fused-ring (bicyclic) bond motifs is 1. The molecule has 3 heterocycles. The number of nitrogens with zero attached hydrogens (tertiary/aromatic N) is 3. The molecule has 1 aliphatic rings. The van der Waals surface area contributed by atoms with E-state index in [1.807, 2.05) is 19.1 Å². The van der Waals surface area contributed by atoms with Crippen LogP contribution in [0.15, 0.2) is 71.9 Å². The lowest BCUT2D eigenvalue weighted by Gasteiger charge is -2.27. The lowest BCUT2D eigenvalue weighted by molar-refractivity contribution is 0.0951. The van der Waals surface area contributed by atoms with Gasteiger partial charge in [0.25, 0.3) is 0 Å². The van der Waals surface area contributed by atoms with Crippen molar-refractivity contribution in [2.75, 3.05) is 6.54 Å². The summed E-state index contributed by atoms with van der Waals surface area (Å²) in [4.78, 5) is 5.46. The summed E-state index contributed by atoms with van der Waals surface area (Å²) in [5.41, 5.74) is 5.01. The predicted molar refractivity (Wildman–Crippen MR) is 159 cm³/mol. The molecule has 0 spiro atoms. The molecule has 0 bridgehead atoms. The first-order valence-corrected chi connectivity index (χ1v) is 14.6. The van der Waals surface area contributed by atoms with Gasteiger partial charge in [-0.3, -0.25) is 15.4 Å². The summed E-state index contributed by atoms with van der Waals surface area (Å²) in [6.45, 7) is 12.4. The smallest absolute Gasteiger partial charge is 0.301 e. The van der Waals surface area contributed by atoms with Crippen LogP contribution in [0, 0.1) is 17.7 Å². The standard InChI is InChI=1S/C31H37F2N5OS/c1-7-25-19-37(40(6)27-9-8-13-36-29(27)39-25)18-24-16-22(11-10-21(24)4)26(15-20(2)3)23-12-14-38(28(34)17-23)30(35)31(5,32)33/h8-14,16-17,25-26,34-35H,2,6-7,15,18-19H2,1,3-5H3. The van der Waals surface area contributed by atoms with E-state index in [1.54, 1.807) is 18.3 Å². The molecule has 0 saturated heterocycles. The van der Waals surface area contributed by atoms with Gasteiger partial charge in [0.05, 0.1) is 4.90 Å². The van der Waals surface area contributed by atoms with Crippen LogP contribution in [-0.2, 0) is 6.54 Å². The molecule has 6 nitrogen and oxygen atoms in total. The second-order valence-electron chi connectivity index (χ2n) is 10.5. The van der Waals surface area contributed by atoms with Gasteiger partial charge in [-0.15, -0.1) is 6.58 Å². The van der Waals surface area contributed by atoms with Gasteiger partial charge in [-0.05, 0) is 73.2 Å². The Kier molecular flexibility index (Phi) is 8.85. The molecule has 2 aromatic heterocycles. The van der Waals surface area contributed by atoms with E-state index in [0.29, 0.717) is 25.8 Å². The summed E-state index contributed by atoms with van der Waals surface area (Å²) in [7, 11) is -0.459. The van der Waals surface area contributed by atoms with Crippen molar-refractivity contribution >= 4 is 22.4 Å². The van der Waals surface area contributed by atoms with E-state index in [4.69, 9.17) is 15.6 Å². The van der Waals surface area contributed by atoms with E-state index in [-0.39, 0.29) is 17.5 Å². The minimum Gasteiger partial charge on any atom is -0.472 e. The first kappa shape index (κ1) is 29.6. The van der Waals surface area contributed by atoms with Crippen molar-refractivity contribution in [3.05, 3.63) is 94.8 Å². The minimum absolute atomic E-state index is 0.00766. The van der Waals surface area contributed by atoms with Crippen LogP contribution in [0.4, 0.5) is 8.78 Å². The lowest BCUT2D eigenvalue weighted by Crippen LogP contribution is -2.37.